The number of pyridine rings is 1. The number of ether oxygens (including phenoxy) is 4. The first-order valence-corrected chi connectivity index (χ1v) is 13.1. The Morgan fingerprint density at radius 3 is 2.55 bits per heavy atom. The summed E-state index contributed by atoms with van der Waals surface area (Å²) < 4.78 is 63.1. The van der Waals surface area contributed by atoms with Gasteiger partial charge in [0.05, 0.1) is 44.8 Å². The highest BCUT2D eigenvalue weighted by atomic mass is 35.5. The van der Waals surface area contributed by atoms with E-state index in [0.29, 0.717) is 6.61 Å². The number of anilines is 1. The Kier molecular flexibility index (Phi) is 10.1. The van der Waals surface area contributed by atoms with Crippen LogP contribution in [0.4, 0.5) is 18.9 Å². The molecule has 4 rings (SSSR count). The van der Waals surface area contributed by atoms with Gasteiger partial charge >= 0.3 is 0 Å². The Hall–Kier alpha value is -4.07. The van der Waals surface area contributed by atoms with Crippen LogP contribution in [-0.2, 0) is 14.3 Å². The van der Waals surface area contributed by atoms with E-state index in [1.165, 1.54) is 43.6 Å². The van der Waals surface area contributed by atoms with E-state index in [1.54, 1.807) is 0 Å². The zero-order valence-corrected chi connectivity index (χ0v) is 23.0. The van der Waals surface area contributed by atoms with Gasteiger partial charge in [0, 0.05) is 34.3 Å². The van der Waals surface area contributed by atoms with E-state index in [4.69, 9.17) is 36.3 Å². The number of methoxy groups -OCH3 is 1. The summed E-state index contributed by atoms with van der Waals surface area (Å²) in [4.78, 5) is 38.4. The van der Waals surface area contributed by atoms with Crippen LogP contribution in [0.25, 0.3) is 11.1 Å². The SMILES string of the molecule is COc1cn(C(CC2COCCO2)C(=O)Nc2ccc(C(N)=O)c(F)c2)c(=O)cc1-c1cc(Cl)ccc1OCC(F)F. The van der Waals surface area contributed by atoms with E-state index in [0.717, 1.165) is 16.7 Å². The zero-order valence-electron chi connectivity index (χ0n) is 22.3. The standard InChI is InChI=1S/C28H27ClF3N3O7/c1-39-24-12-35(26(36)11-20(24)19-8-15(29)2-5-23(19)42-14-25(31)32)22(10-17-13-40-6-7-41-17)28(38)34-16-3-4-18(27(33)37)21(30)9-16/h2-5,8-9,11-12,17,22,25H,6-7,10,13-14H2,1H3,(H2,33,37)(H,34,38). The average molecular weight is 610 g/mol. The van der Waals surface area contributed by atoms with Crippen LogP contribution in [0.3, 0.4) is 0 Å². The monoisotopic (exact) mass is 609 g/mol. The van der Waals surface area contributed by atoms with Crippen LogP contribution in [0.15, 0.2) is 53.5 Å². The minimum absolute atomic E-state index is 0.00396. The van der Waals surface area contributed by atoms with E-state index >= 15 is 0 Å². The van der Waals surface area contributed by atoms with E-state index in [-0.39, 0.29) is 58.5 Å². The summed E-state index contributed by atoms with van der Waals surface area (Å²) in [5.74, 6) is -2.46. The fourth-order valence-electron chi connectivity index (χ4n) is 4.42. The Balaban J connectivity index is 1.74. The van der Waals surface area contributed by atoms with Gasteiger partial charge in [-0.2, -0.15) is 0 Å². The average Bonchev–Trinajstić information content (AvgIpc) is 2.95. The fraction of sp³-hybridized carbons (Fsp3) is 0.321. The third-order valence-electron chi connectivity index (χ3n) is 6.37. The molecule has 1 aliphatic rings. The number of carbonyl (C=O) groups excluding carboxylic acids is 2. The second-order valence-electron chi connectivity index (χ2n) is 9.21. The van der Waals surface area contributed by atoms with E-state index < -0.39 is 48.4 Å². The highest BCUT2D eigenvalue weighted by Crippen LogP contribution is 2.38. The molecule has 3 N–H and O–H groups in total. The lowest BCUT2D eigenvalue weighted by atomic mass is 10.0. The van der Waals surface area contributed by atoms with Crippen LogP contribution in [0.2, 0.25) is 5.02 Å². The molecule has 2 heterocycles. The highest BCUT2D eigenvalue weighted by Gasteiger charge is 2.29. The van der Waals surface area contributed by atoms with Crippen LogP contribution in [-0.4, -0.2) is 62.4 Å². The molecule has 1 aliphatic heterocycles. The first-order chi connectivity index (χ1) is 20.1. The van der Waals surface area contributed by atoms with Crippen molar-refractivity contribution in [1.82, 2.24) is 4.57 Å². The molecule has 0 radical (unpaired) electrons. The molecule has 2 aromatic carbocycles. The van der Waals surface area contributed by atoms with Crippen LogP contribution >= 0.6 is 11.6 Å². The van der Waals surface area contributed by atoms with Crippen molar-refractivity contribution in [2.45, 2.75) is 25.0 Å². The third-order valence-corrected chi connectivity index (χ3v) is 6.61. The minimum Gasteiger partial charge on any atom is -0.495 e. The lowest BCUT2D eigenvalue weighted by Crippen LogP contribution is -2.38. The van der Waals surface area contributed by atoms with Crippen molar-refractivity contribution in [3.8, 4) is 22.6 Å². The van der Waals surface area contributed by atoms with Crippen molar-refractivity contribution in [3.63, 3.8) is 0 Å². The molecular weight excluding hydrogens is 583 g/mol. The summed E-state index contributed by atoms with van der Waals surface area (Å²) in [6.07, 6.45) is -2.01. The summed E-state index contributed by atoms with van der Waals surface area (Å²) in [5, 5.41) is 2.81. The maximum atomic E-state index is 14.4. The summed E-state index contributed by atoms with van der Waals surface area (Å²) in [6.45, 7) is -0.0627. The number of hydrogen-bond acceptors (Lipinski definition) is 7. The number of amides is 2. The number of aromatic nitrogens is 1. The number of alkyl halides is 2. The van der Waals surface area contributed by atoms with Crippen molar-refractivity contribution < 1.29 is 41.7 Å². The number of rotatable bonds is 11. The molecule has 42 heavy (non-hydrogen) atoms. The van der Waals surface area contributed by atoms with Gasteiger partial charge in [0.25, 0.3) is 17.9 Å². The number of halogens is 4. The minimum atomic E-state index is -2.74. The van der Waals surface area contributed by atoms with Crippen LogP contribution in [0, 0.1) is 5.82 Å². The van der Waals surface area contributed by atoms with Gasteiger partial charge in [0.1, 0.15) is 30.0 Å². The number of nitrogens with zero attached hydrogens (tertiary/aromatic N) is 1. The van der Waals surface area contributed by atoms with Gasteiger partial charge in [0.15, 0.2) is 0 Å². The van der Waals surface area contributed by atoms with Gasteiger partial charge in [-0.05, 0) is 36.4 Å². The summed E-state index contributed by atoms with van der Waals surface area (Å²) in [6, 6.07) is 7.61. The number of nitrogens with one attached hydrogen (secondary N) is 1. The Morgan fingerprint density at radius 2 is 1.90 bits per heavy atom. The number of primary amides is 1. The number of hydrogen-bond donors (Lipinski definition) is 2. The fourth-order valence-corrected chi connectivity index (χ4v) is 4.60. The Bertz CT molecular complexity index is 1510. The van der Waals surface area contributed by atoms with Crippen molar-refractivity contribution in [2.75, 3.05) is 38.9 Å². The van der Waals surface area contributed by atoms with Crippen molar-refractivity contribution >= 4 is 29.1 Å². The molecule has 2 unspecified atom stereocenters. The Labute approximate surface area is 243 Å². The molecule has 0 spiro atoms. The molecule has 1 aromatic heterocycles. The highest BCUT2D eigenvalue weighted by molar-refractivity contribution is 6.31. The van der Waals surface area contributed by atoms with Gasteiger partial charge < -0.3 is 30.0 Å². The van der Waals surface area contributed by atoms with E-state index in [2.05, 4.69) is 5.32 Å². The molecule has 2 atom stereocenters. The molecular formula is C28H27ClF3N3O7. The van der Waals surface area contributed by atoms with Crippen molar-refractivity contribution in [2.24, 2.45) is 5.73 Å². The molecule has 14 heteroatoms. The van der Waals surface area contributed by atoms with Crippen LogP contribution in [0.5, 0.6) is 11.5 Å². The molecule has 2 amide bonds. The number of benzene rings is 2. The van der Waals surface area contributed by atoms with E-state index in [1.807, 2.05) is 0 Å². The summed E-state index contributed by atoms with van der Waals surface area (Å²) in [7, 11) is 1.33. The molecule has 1 fully saturated rings. The number of carbonyl (C=O) groups is 2. The van der Waals surface area contributed by atoms with Gasteiger partial charge in [-0.3, -0.25) is 19.0 Å². The molecule has 10 nitrogen and oxygen atoms in total. The van der Waals surface area contributed by atoms with Crippen molar-refractivity contribution in [3.05, 3.63) is 75.4 Å². The van der Waals surface area contributed by atoms with Gasteiger partial charge in [-0.15, -0.1) is 0 Å². The largest absolute Gasteiger partial charge is 0.495 e. The third kappa shape index (κ3) is 7.41. The first-order valence-electron chi connectivity index (χ1n) is 12.7. The van der Waals surface area contributed by atoms with E-state index in [9.17, 15) is 27.6 Å². The van der Waals surface area contributed by atoms with Crippen LogP contribution in [0.1, 0.15) is 22.8 Å². The van der Waals surface area contributed by atoms with Gasteiger partial charge in [-0.1, -0.05) is 11.6 Å². The second kappa shape index (κ2) is 13.7. The quantitative estimate of drug-likeness (QED) is 0.335. The molecule has 0 aliphatic carbocycles. The lowest BCUT2D eigenvalue weighted by molar-refractivity contribution is -0.124. The van der Waals surface area contributed by atoms with Crippen LogP contribution < -0.4 is 26.1 Å². The molecule has 0 bridgehead atoms. The number of nitrogens with two attached hydrogens (primary N) is 1. The lowest BCUT2D eigenvalue weighted by Gasteiger charge is -2.28. The van der Waals surface area contributed by atoms with Gasteiger partial charge in [-0.25, -0.2) is 13.2 Å². The van der Waals surface area contributed by atoms with Crippen molar-refractivity contribution in [1.29, 1.82) is 0 Å². The van der Waals surface area contributed by atoms with Gasteiger partial charge in [0.2, 0.25) is 5.91 Å². The predicted octanol–water partition coefficient (Wildman–Crippen LogP) is 4.04. The topological polar surface area (TPSA) is 131 Å². The summed E-state index contributed by atoms with van der Waals surface area (Å²) in [5.41, 5.74) is 4.57. The predicted molar refractivity (Wildman–Crippen MR) is 147 cm³/mol. The molecule has 0 saturated carbocycles. The maximum Gasteiger partial charge on any atom is 0.272 e. The molecule has 1 saturated heterocycles. The first kappa shape index (κ1) is 30.9. The molecule has 224 valence electrons. The smallest absolute Gasteiger partial charge is 0.272 e. The second-order valence-corrected chi connectivity index (χ2v) is 9.65. The maximum absolute atomic E-state index is 14.4. The Morgan fingerprint density at radius 1 is 1.14 bits per heavy atom. The zero-order chi connectivity index (χ0) is 30.4. The molecule has 3 aromatic rings. The summed E-state index contributed by atoms with van der Waals surface area (Å²) >= 11 is 6.15. The normalized spacial score (nSPS) is 15.7.